The quantitative estimate of drug-likeness (QED) is 0.462. The molecule has 170 valence electrons. The van der Waals surface area contributed by atoms with E-state index in [2.05, 4.69) is 12.1 Å². The first-order valence-corrected chi connectivity index (χ1v) is 11.3. The van der Waals surface area contributed by atoms with E-state index < -0.39 is 11.9 Å². The lowest BCUT2D eigenvalue weighted by Gasteiger charge is -2.25. The van der Waals surface area contributed by atoms with Crippen LogP contribution in [0.3, 0.4) is 0 Å². The van der Waals surface area contributed by atoms with Gasteiger partial charge in [-0.25, -0.2) is 0 Å². The Labute approximate surface area is 186 Å². The third-order valence-electron chi connectivity index (χ3n) is 5.46. The van der Waals surface area contributed by atoms with Gasteiger partial charge in [0.1, 0.15) is 12.2 Å². The molecule has 0 amide bonds. The maximum Gasteiger partial charge on any atom is 0.163 e. The molecule has 0 aliphatic carbocycles. The van der Waals surface area contributed by atoms with Crippen LogP contribution in [0.4, 0.5) is 0 Å². The predicted molar refractivity (Wildman–Crippen MR) is 120 cm³/mol. The van der Waals surface area contributed by atoms with Gasteiger partial charge >= 0.3 is 0 Å². The van der Waals surface area contributed by atoms with Crippen molar-refractivity contribution in [3.63, 3.8) is 0 Å². The zero-order valence-electron chi connectivity index (χ0n) is 18.7. The van der Waals surface area contributed by atoms with E-state index in [-0.39, 0.29) is 18.8 Å². The van der Waals surface area contributed by atoms with Crippen LogP contribution >= 0.6 is 0 Å². The van der Waals surface area contributed by atoms with E-state index in [0.29, 0.717) is 13.2 Å². The van der Waals surface area contributed by atoms with Crippen molar-refractivity contribution >= 4 is 0 Å². The zero-order valence-corrected chi connectivity index (χ0v) is 18.7. The summed E-state index contributed by atoms with van der Waals surface area (Å²) in [4.78, 5) is 0. The summed E-state index contributed by atoms with van der Waals surface area (Å²) in [5.74, 6) is -0.669. The molecule has 0 radical (unpaired) electrons. The first-order chi connectivity index (χ1) is 15.1. The highest BCUT2D eigenvalue weighted by Crippen LogP contribution is 2.33. The normalized spacial score (nSPS) is 21.3. The van der Waals surface area contributed by atoms with Crippen LogP contribution in [0.25, 0.3) is 0 Å². The summed E-state index contributed by atoms with van der Waals surface area (Å²) in [5, 5.41) is 9.94. The monoisotopic (exact) mass is 428 g/mol. The minimum Gasteiger partial charge on any atom is -0.394 e. The van der Waals surface area contributed by atoms with Crippen LogP contribution in [0.15, 0.2) is 60.7 Å². The Balaban J connectivity index is 1.39. The Kier molecular flexibility index (Phi) is 9.50. The Morgan fingerprint density at radius 1 is 0.871 bits per heavy atom. The summed E-state index contributed by atoms with van der Waals surface area (Å²) in [6, 6.07) is 20.2. The number of hydrogen-bond donors (Lipinski definition) is 1. The van der Waals surface area contributed by atoms with E-state index in [4.69, 9.17) is 18.9 Å². The molecule has 3 atom stereocenters. The van der Waals surface area contributed by atoms with Gasteiger partial charge in [-0.2, -0.15) is 0 Å². The molecule has 1 heterocycles. The molecule has 0 bridgehead atoms. The Morgan fingerprint density at radius 3 is 2.16 bits per heavy atom. The van der Waals surface area contributed by atoms with Gasteiger partial charge in [0.05, 0.1) is 25.9 Å². The maximum absolute atomic E-state index is 9.94. The SMILES string of the molecule is CC1(C)O[C@H]([C@@H](CO)OCc2ccccc2)[C@@H](CCCCCOCc2ccccc2)O1. The van der Waals surface area contributed by atoms with E-state index in [1.54, 1.807) is 0 Å². The fourth-order valence-electron chi connectivity index (χ4n) is 3.92. The van der Waals surface area contributed by atoms with Gasteiger partial charge in [-0.15, -0.1) is 0 Å². The van der Waals surface area contributed by atoms with E-state index in [1.165, 1.54) is 5.56 Å². The van der Waals surface area contributed by atoms with Gasteiger partial charge in [-0.3, -0.25) is 0 Å². The topological polar surface area (TPSA) is 57.2 Å². The smallest absolute Gasteiger partial charge is 0.163 e. The lowest BCUT2D eigenvalue weighted by molar-refractivity contribution is -0.164. The molecule has 1 aliphatic rings. The van der Waals surface area contributed by atoms with E-state index >= 15 is 0 Å². The van der Waals surface area contributed by atoms with Gasteiger partial charge in [0.15, 0.2) is 5.79 Å². The molecule has 0 saturated carbocycles. The molecular weight excluding hydrogens is 392 g/mol. The molecule has 0 spiro atoms. The first-order valence-electron chi connectivity index (χ1n) is 11.3. The number of ether oxygens (including phenoxy) is 4. The summed E-state index contributed by atoms with van der Waals surface area (Å²) in [6.45, 7) is 5.60. The van der Waals surface area contributed by atoms with Gasteiger partial charge < -0.3 is 24.1 Å². The van der Waals surface area contributed by atoms with Crippen molar-refractivity contribution in [2.24, 2.45) is 0 Å². The number of aliphatic hydroxyl groups is 1. The predicted octanol–water partition coefficient (Wildman–Crippen LogP) is 4.86. The van der Waals surface area contributed by atoms with Gasteiger partial charge in [0.25, 0.3) is 0 Å². The second kappa shape index (κ2) is 12.3. The number of hydrogen-bond acceptors (Lipinski definition) is 5. The largest absolute Gasteiger partial charge is 0.394 e. The van der Waals surface area contributed by atoms with Gasteiger partial charge in [0, 0.05) is 6.61 Å². The molecule has 3 rings (SSSR count). The highest BCUT2D eigenvalue weighted by atomic mass is 16.8. The van der Waals surface area contributed by atoms with E-state index in [1.807, 2.05) is 62.4 Å². The molecule has 5 heteroatoms. The standard InChI is InChI=1S/C26H36O5/c1-26(2)30-23(16-10-5-11-17-28-19-21-12-6-3-7-13-21)25(31-26)24(18-27)29-20-22-14-8-4-9-15-22/h3-4,6-9,12-15,23-25,27H,5,10-11,16-20H2,1-2H3/t23-,24-,25+/m1/s1. The average Bonchev–Trinajstić information content (AvgIpc) is 3.09. The molecule has 1 aliphatic heterocycles. The fraction of sp³-hybridized carbons (Fsp3) is 0.538. The third kappa shape index (κ3) is 8.02. The van der Waals surface area contributed by atoms with Gasteiger partial charge in [0.2, 0.25) is 0 Å². The second-order valence-electron chi connectivity index (χ2n) is 8.54. The van der Waals surface area contributed by atoms with Gasteiger partial charge in [-0.05, 0) is 37.8 Å². The molecule has 31 heavy (non-hydrogen) atoms. The Hall–Kier alpha value is -1.76. The molecular formula is C26H36O5. The summed E-state index contributed by atoms with van der Waals surface area (Å²) in [5.41, 5.74) is 2.28. The van der Waals surface area contributed by atoms with Crippen molar-refractivity contribution in [2.75, 3.05) is 13.2 Å². The fourth-order valence-corrected chi connectivity index (χ4v) is 3.92. The molecule has 1 saturated heterocycles. The molecule has 1 N–H and O–H groups in total. The maximum atomic E-state index is 9.94. The van der Waals surface area contributed by atoms with Crippen molar-refractivity contribution < 1.29 is 24.1 Å². The summed E-state index contributed by atoms with van der Waals surface area (Å²) >= 11 is 0. The number of aliphatic hydroxyl groups excluding tert-OH is 1. The number of benzene rings is 2. The van der Waals surface area contributed by atoms with Crippen LogP contribution in [-0.4, -0.2) is 42.4 Å². The first kappa shape index (κ1) is 23.9. The van der Waals surface area contributed by atoms with Crippen LogP contribution < -0.4 is 0 Å². The average molecular weight is 429 g/mol. The highest BCUT2D eigenvalue weighted by molar-refractivity contribution is 5.14. The van der Waals surface area contributed by atoms with Crippen LogP contribution in [0.5, 0.6) is 0 Å². The minimum absolute atomic E-state index is 0.0897. The van der Waals surface area contributed by atoms with Crippen LogP contribution in [-0.2, 0) is 32.2 Å². The van der Waals surface area contributed by atoms with Crippen molar-refractivity contribution in [1.29, 1.82) is 0 Å². The molecule has 5 nitrogen and oxygen atoms in total. The van der Waals surface area contributed by atoms with Crippen LogP contribution in [0.2, 0.25) is 0 Å². The molecule has 0 unspecified atom stereocenters. The van der Waals surface area contributed by atoms with Crippen LogP contribution in [0.1, 0.15) is 50.7 Å². The molecule has 2 aromatic carbocycles. The summed E-state index contributed by atoms with van der Waals surface area (Å²) < 4.78 is 24.0. The molecule has 2 aromatic rings. The highest BCUT2D eigenvalue weighted by Gasteiger charge is 2.45. The zero-order chi connectivity index (χ0) is 21.9. The molecule has 1 fully saturated rings. The van der Waals surface area contributed by atoms with Crippen molar-refractivity contribution in [2.45, 2.75) is 76.8 Å². The summed E-state index contributed by atoms with van der Waals surface area (Å²) in [7, 11) is 0. The molecule has 0 aromatic heterocycles. The summed E-state index contributed by atoms with van der Waals surface area (Å²) in [6.07, 6.45) is 3.19. The lowest BCUT2D eigenvalue weighted by atomic mass is 10.0. The number of rotatable bonds is 13. The van der Waals surface area contributed by atoms with Crippen molar-refractivity contribution in [1.82, 2.24) is 0 Å². The number of unbranched alkanes of at least 4 members (excludes halogenated alkanes) is 2. The lowest BCUT2D eigenvalue weighted by Crippen LogP contribution is -2.39. The Bertz CT molecular complexity index is 734. The van der Waals surface area contributed by atoms with E-state index in [9.17, 15) is 5.11 Å². The van der Waals surface area contributed by atoms with Gasteiger partial charge in [-0.1, -0.05) is 73.5 Å². The van der Waals surface area contributed by atoms with E-state index in [0.717, 1.165) is 37.9 Å². The third-order valence-corrected chi connectivity index (χ3v) is 5.46. The van der Waals surface area contributed by atoms with Crippen molar-refractivity contribution in [3.05, 3.63) is 71.8 Å². The Morgan fingerprint density at radius 2 is 1.52 bits per heavy atom. The van der Waals surface area contributed by atoms with Crippen molar-refractivity contribution in [3.8, 4) is 0 Å². The minimum atomic E-state index is -0.669. The second-order valence-corrected chi connectivity index (χ2v) is 8.54. The van der Waals surface area contributed by atoms with Crippen LogP contribution in [0, 0.1) is 0 Å².